The number of likely N-dealkylation sites (N-methyl/N-ethyl adjacent to an activating group) is 1. The predicted octanol–water partition coefficient (Wildman–Crippen LogP) is 9.28. The molecule has 1 fully saturated rings. The molecule has 18 nitrogen and oxygen atoms in total. The van der Waals surface area contributed by atoms with E-state index in [0.717, 1.165) is 86.6 Å². The van der Waals surface area contributed by atoms with Crippen LogP contribution in [0.4, 0.5) is 17.2 Å². The van der Waals surface area contributed by atoms with Crippen LogP contribution in [0.2, 0.25) is 0 Å². The van der Waals surface area contributed by atoms with Crippen molar-refractivity contribution in [3.63, 3.8) is 0 Å². The summed E-state index contributed by atoms with van der Waals surface area (Å²) in [4.78, 5) is 76.1. The highest BCUT2D eigenvalue weighted by Gasteiger charge is 2.23. The lowest BCUT2D eigenvalue weighted by molar-refractivity contribution is -0.122. The molecule has 5 N–H and O–H groups in total. The van der Waals surface area contributed by atoms with Gasteiger partial charge in [-0.1, -0.05) is 18.6 Å². The van der Waals surface area contributed by atoms with E-state index in [1.807, 2.05) is 89.2 Å². The normalized spacial score (nSPS) is 14.0. The molecule has 428 valence electrons. The predicted molar refractivity (Wildman–Crippen MR) is 318 cm³/mol. The number of hydrogen-bond donors (Lipinski definition) is 4. The monoisotopic (exact) mass is 1090 g/mol. The van der Waals surface area contributed by atoms with E-state index < -0.39 is 0 Å². The van der Waals surface area contributed by atoms with Gasteiger partial charge in [-0.2, -0.15) is 0 Å². The molecule has 0 unspecified atom stereocenters. The lowest BCUT2D eigenvalue weighted by atomic mass is 9.88. The van der Waals surface area contributed by atoms with E-state index in [-0.39, 0.29) is 41.4 Å². The van der Waals surface area contributed by atoms with Crippen molar-refractivity contribution in [2.45, 2.75) is 105 Å². The lowest BCUT2D eigenvalue weighted by Crippen LogP contribution is -2.48. The fourth-order valence-electron chi connectivity index (χ4n) is 10.3. The molecule has 5 aromatic rings. The second-order valence-corrected chi connectivity index (χ2v) is 21.6. The van der Waals surface area contributed by atoms with E-state index >= 15 is 0 Å². The quantitative estimate of drug-likeness (QED) is 0.0146. The summed E-state index contributed by atoms with van der Waals surface area (Å²) in [5.41, 5.74) is 14.0. The van der Waals surface area contributed by atoms with Gasteiger partial charge in [0.2, 0.25) is 5.91 Å². The first-order valence-corrected chi connectivity index (χ1v) is 28.2. The molecule has 1 aliphatic heterocycles. The number of piperazine rings is 1. The Morgan fingerprint density at radius 3 is 2.23 bits per heavy atom. The smallest absolute Gasteiger partial charge is 0.328 e. The third-order valence-corrected chi connectivity index (χ3v) is 14.6. The fourth-order valence-corrected chi connectivity index (χ4v) is 10.3. The van der Waals surface area contributed by atoms with Gasteiger partial charge in [0.1, 0.15) is 28.8 Å². The summed E-state index contributed by atoms with van der Waals surface area (Å²) in [7, 11) is 5.36. The minimum atomic E-state index is -0.151. The summed E-state index contributed by atoms with van der Waals surface area (Å²) < 4.78 is 21.4. The number of fused-ring (bicyclic) bond motifs is 1. The first kappa shape index (κ1) is 60.1. The van der Waals surface area contributed by atoms with Crippen molar-refractivity contribution in [3.05, 3.63) is 105 Å². The highest BCUT2D eigenvalue weighted by atomic mass is 16.5. The highest BCUT2D eigenvalue weighted by Crippen LogP contribution is 2.36. The van der Waals surface area contributed by atoms with Gasteiger partial charge in [-0.25, -0.2) is 9.78 Å². The second kappa shape index (κ2) is 28.5. The van der Waals surface area contributed by atoms with Crippen molar-refractivity contribution in [2.24, 2.45) is 14.1 Å². The molecule has 18 heteroatoms. The number of benzene rings is 3. The van der Waals surface area contributed by atoms with Crippen molar-refractivity contribution in [1.82, 2.24) is 29.2 Å². The number of Topliss-reactive ketones (excluding diaryl/α,β-unsaturated/α-hetero) is 3. The summed E-state index contributed by atoms with van der Waals surface area (Å²) >= 11 is 0. The average Bonchev–Trinajstić information content (AvgIpc) is 3.73. The third-order valence-electron chi connectivity index (χ3n) is 14.6. The Bertz CT molecular complexity index is 3150. The van der Waals surface area contributed by atoms with E-state index in [0.29, 0.717) is 127 Å². The number of nitrogens with one attached hydrogen (secondary N) is 3. The molecular weight excluding hydrogens is 1010 g/mol. The number of nitrogens with zero attached hydrogens (tertiary/aromatic N) is 6. The minimum Gasteiger partial charge on any atom is -0.493 e. The number of unbranched alkanes of at least 4 members (excludes halogenated alkanes) is 2. The number of ether oxygens (including phenoxy) is 3. The maximum Gasteiger partial charge on any atom is 0.328 e. The van der Waals surface area contributed by atoms with Crippen molar-refractivity contribution in [2.75, 3.05) is 88.6 Å². The summed E-state index contributed by atoms with van der Waals surface area (Å²) in [6.07, 6.45) is 10.6. The third kappa shape index (κ3) is 16.3. The van der Waals surface area contributed by atoms with Crippen LogP contribution in [-0.4, -0.2) is 132 Å². The number of aryl methyl sites for hydroxylation is 2. The molecule has 0 radical (unpaired) electrons. The number of hydrogen-bond acceptors (Lipinski definition) is 15. The highest BCUT2D eigenvalue weighted by molar-refractivity contribution is 6.08. The van der Waals surface area contributed by atoms with Crippen LogP contribution in [0.25, 0.3) is 22.2 Å². The first-order valence-electron chi connectivity index (χ1n) is 28.2. The molecule has 0 bridgehead atoms. The summed E-state index contributed by atoms with van der Waals surface area (Å²) in [6, 6.07) is 16.8. The Kier molecular flexibility index (Phi) is 21.4. The van der Waals surface area contributed by atoms with E-state index in [1.165, 1.54) is 6.21 Å². The number of anilines is 3. The number of allylic oxidation sites excluding steroid dienone is 4. The molecule has 0 saturated carbocycles. The largest absolute Gasteiger partial charge is 0.493 e. The van der Waals surface area contributed by atoms with Crippen molar-refractivity contribution < 1.29 is 33.4 Å². The Morgan fingerprint density at radius 1 is 0.850 bits per heavy atom. The number of pyridine rings is 1. The van der Waals surface area contributed by atoms with Gasteiger partial charge < -0.3 is 40.9 Å². The molecule has 3 aromatic carbocycles. The second-order valence-electron chi connectivity index (χ2n) is 21.6. The fraction of sp³-hybridized carbons (Fsp3) is 0.468. The van der Waals surface area contributed by atoms with Crippen LogP contribution in [0.5, 0.6) is 23.0 Å². The van der Waals surface area contributed by atoms with Crippen LogP contribution in [-0.2, 0) is 28.5 Å². The van der Waals surface area contributed by atoms with Gasteiger partial charge in [-0.3, -0.25) is 38.1 Å². The van der Waals surface area contributed by atoms with Crippen molar-refractivity contribution >= 4 is 57.7 Å². The van der Waals surface area contributed by atoms with Crippen LogP contribution >= 0.6 is 0 Å². The van der Waals surface area contributed by atoms with E-state index in [2.05, 4.69) is 20.4 Å². The van der Waals surface area contributed by atoms with E-state index in [4.69, 9.17) is 30.3 Å². The number of carbonyl (C=O) groups excluding carboxylic acids is 4. The average molecular weight is 1100 g/mol. The molecule has 3 heterocycles. The number of imidazole rings is 1. The van der Waals surface area contributed by atoms with E-state index in [9.17, 15) is 24.0 Å². The molecule has 0 atom stereocenters. The molecule has 7 rings (SSSR count). The zero-order valence-corrected chi connectivity index (χ0v) is 48.2. The minimum absolute atomic E-state index is 0.000127. The van der Waals surface area contributed by atoms with Crippen LogP contribution in [0, 0.1) is 5.41 Å². The standard InChI is InChI=1S/C62H82N10O8/c1-9-27-78-47-33-48(35-49(34-47)80-59-37-56-55(36-53(59)64)69(7)62(77)70(56)8)79-28-13-12-21-68(6)40-46(73)14-10-11-15-61(76)65-20-22-71-23-25-72(26-24-71)60-19-16-44(39-66-60)45-31-51(52(38-63)54(32-45)67-41(2)3)57(74)18-17-50-43(5)29-42(4)30-58(50)75/h16,19,29,31-39,41,63,67H,9-15,17-18,20-28,30,40,64H2,1-8H3,(H,65,76). The summed E-state index contributed by atoms with van der Waals surface area (Å²) in [6.45, 7) is 16.6. The maximum atomic E-state index is 13.8. The first-order chi connectivity index (χ1) is 38.4. The Balaban J connectivity index is 0.770. The van der Waals surface area contributed by atoms with Gasteiger partial charge in [0.05, 0.1) is 36.5 Å². The molecule has 1 aliphatic carbocycles. The van der Waals surface area contributed by atoms with Crippen molar-refractivity contribution in [1.29, 1.82) is 5.41 Å². The lowest BCUT2D eigenvalue weighted by Gasteiger charge is -2.35. The molecule has 80 heavy (non-hydrogen) atoms. The zero-order valence-electron chi connectivity index (χ0n) is 48.2. The maximum absolute atomic E-state index is 13.8. The van der Waals surface area contributed by atoms with Gasteiger partial charge in [0.25, 0.3) is 0 Å². The number of aromatic nitrogens is 3. The molecule has 2 aliphatic rings. The molecule has 0 spiro atoms. The number of ketones is 3. The van der Waals surface area contributed by atoms with Crippen LogP contribution in [0.1, 0.15) is 115 Å². The van der Waals surface area contributed by atoms with Gasteiger partial charge in [-0.15, -0.1) is 0 Å². The number of rotatable bonds is 30. The molecular formula is C62H82N10O8. The summed E-state index contributed by atoms with van der Waals surface area (Å²) in [5, 5.41) is 14.7. The van der Waals surface area contributed by atoms with Gasteiger partial charge in [0.15, 0.2) is 17.3 Å². The van der Waals surface area contributed by atoms with Gasteiger partial charge in [-0.05, 0) is 127 Å². The Morgan fingerprint density at radius 2 is 1.55 bits per heavy atom. The van der Waals surface area contributed by atoms with Gasteiger partial charge in [0, 0.05) is 144 Å². The van der Waals surface area contributed by atoms with Crippen LogP contribution < -0.4 is 41.2 Å². The number of nitrogen functional groups attached to an aromatic ring is 1. The van der Waals surface area contributed by atoms with Gasteiger partial charge >= 0.3 is 5.69 Å². The Labute approximate surface area is 470 Å². The molecule has 1 saturated heterocycles. The van der Waals surface area contributed by atoms with E-state index in [1.54, 1.807) is 47.5 Å². The molecule has 2 aromatic heterocycles. The zero-order chi connectivity index (χ0) is 57.5. The Hall–Kier alpha value is -7.57. The van der Waals surface area contributed by atoms with Crippen molar-refractivity contribution in [3.8, 4) is 34.1 Å². The number of amides is 1. The topological polar surface area (TPSA) is 219 Å². The van der Waals surface area contributed by atoms with Crippen LogP contribution in [0.15, 0.2) is 88.4 Å². The molecule has 1 amide bonds. The SMILES string of the molecule is CCCOc1cc(OCCCCN(C)CC(=O)CCCCC(=O)NCCN2CCN(c3ccc(-c4cc(NC(C)C)c(C=N)c(C(=O)CCC5=C(C)C=C(C)CC5=O)c4)cn3)CC2)cc(Oc2cc3c(cc2N)n(C)c(=O)n3C)c1. The summed E-state index contributed by atoms with van der Waals surface area (Å²) in [5.74, 6) is 3.12. The number of nitrogens with two attached hydrogens (primary N) is 1. The van der Waals surface area contributed by atoms with Crippen LogP contribution in [0.3, 0.4) is 0 Å². The number of carbonyl (C=O) groups is 4.